The summed E-state index contributed by atoms with van der Waals surface area (Å²) in [6.45, 7) is 5.10. The average Bonchev–Trinajstić information content (AvgIpc) is 3.34. The summed E-state index contributed by atoms with van der Waals surface area (Å²) in [5.41, 5.74) is 2.34. The SMILES string of the molecule is CCC(I)(c1nc2sccc2c(=O)n1Cc1ccccc1)N(CCNC)Cc1ccc(Br)cc1. The van der Waals surface area contributed by atoms with Crippen LogP contribution in [0.5, 0.6) is 0 Å². The van der Waals surface area contributed by atoms with Crippen LogP contribution in [0.3, 0.4) is 0 Å². The molecule has 0 spiro atoms. The highest BCUT2D eigenvalue weighted by Crippen LogP contribution is 2.40. The minimum atomic E-state index is -0.464. The van der Waals surface area contributed by atoms with Gasteiger partial charge in [-0.1, -0.05) is 87.9 Å². The largest absolute Gasteiger partial charge is 0.318 e. The number of hydrogen-bond donors (Lipinski definition) is 1. The van der Waals surface area contributed by atoms with Gasteiger partial charge in [0, 0.05) is 24.1 Å². The number of fused-ring (bicyclic) bond motifs is 1. The van der Waals surface area contributed by atoms with Gasteiger partial charge in [-0.3, -0.25) is 14.3 Å². The number of thiophene rings is 1. The molecule has 2 aromatic heterocycles. The molecule has 1 unspecified atom stereocenters. The van der Waals surface area contributed by atoms with Gasteiger partial charge in [0.2, 0.25) is 0 Å². The maximum atomic E-state index is 13.7. The van der Waals surface area contributed by atoms with Crippen molar-refractivity contribution in [1.82, 2.24) is 19.8 Å². The molecule has 0 aliphatic heterocycles. The van der Waals surface area contributed by atoms with Crippen molar-refractivity contribution < 1.29 is 0 Å². The van der Waals surface area contributed by atoms with Crippen LogP contribution in [-0.4, -0.2) is 34.6 Å². The second-order valence-electron chi connectivity index (χ2n) is 8.22. The minimum Gasteiger partial charge on any atom is -0.318 e. The van der Waals surface area contributed by atoms with E-state index in [9.17, 15) is 4.79 Å². The van der Waals surface area contributed by atoms with Gasteiger partial charge in [0.05, 0.1) is 11.9 Å². The van der Waals surface area contributed by atoms with Crippen LogP contribution in [0.2, 0.25) is 0 Å². The molecule has 0 bridgehead atoms. The predicted molar refractivity (Wildman–Crippen MR) is 154 cm³/mol. The lowest BCUT2D eigenvalue weighted by Crippen LogP contribution is -2.47. The quantitative estimate of drug-likeness (QED) is 0.130. The molecule has 0 aliphatic carbocycles. The maximum Gasteiger partial charge on any atom is 0.262 e. The van der Waals surface area contributed by atoms with Gasteiger partial charge in [0.15, 0.2) is 0 Å². The molecule has 34 heavy (non-hydrogen) atoms. The summed E-state index contributed by atoms with van der Waals surface area (Å²) < 4.78 is 2.48. The predicted octanol–water partition coefficient (Wildman–Crippen LogP) is 5.99. The molecular formula is C26H28BrIN4OS. The Morgan fingerprint density at radius 1 is 1.12 bits per heavy atom. The second kappa shape index (κ2) is 11.4. The number of alkyl halides is 1. The highest BCUT2D eigenvalue weighted by atomic mass is 127. The van der Waals surface area contributed by atoms with Crippen molar-refractivity contribution in [2.24, 2.45) is 0 Å². The Morgan fingerprint density at radius 3 is 2.53 bits per heavy atom. The molecule has 1 atom stereocenters. The first kappa shape index (κ1) is 25.5. The summed E-state index contributed by atoms with van der Waals surface area (Å²) in [5, 5.41) is 5.94. The van der Waals surface area contributed by atoms with Crippen LogP contribution >= 0.6 is 49.9 Å². The van der Waals surface area contributed by atoms with Gasteiger partial charge in [0.1, 0.15) is 14.2 Å². The fraction of sp³-hybridized carbons (Fsp3) is 0.308. The molecule has 2 aromatic carbocycles. The number of benzene rings is 2. The van der Waals surface area contributed by atoms with Crippen LogP contribution < -0.4 is 10.9 Å². The van der Waals surface area contributed by atoms with E-state index in [1.807, 2.05) is 41.3 Å². The maximum absolute atomic E-state index is 13.7. The van der Waals surface area contributed by atoms with E-state index in [0.717, 1.165) is 46.7 Å². The van der Waals surface area contributed by atoms with Crippen LogP contribution in [0.25, 0.3) is 10.2 Å². The summed E-state index contributed by atoms with van der Waals surface area (Å²) in [5.74, 6) is 0.813. The van der Waals surface area contributed by atoms with Gasteiger partial charge in [-0.05, 0) is 48.2 Å². The van der Waals surface area contributed by atoms with Crippen LogP contribution in [0.1, 0.15) is 30.3 Å². The monoisotopic (exact) mass is 650 g/mol. The molecule has 0 saturated carbocycles. The molecule has 0 saturated heterocycles. The zero-order valence-corrected chi connectivity index (χ0v) is 23.9. The first-order valence-electron chi connectivity index (χ1n) is 11.3. The van der Waals surface area contributed by atoms with E-state index in [4.69, 9.17) is 4.98 Å². The molecule has 4 aromatic rings. The van der Waals surface area contributed by atoms with Gasteiger partial charge >= 0.3 is 0 Å². The lowest BCUT2D eigenvalue weighted by molar-refractivity contribution is 0.157. The first-order valence-corrected chi connectivity index (χ1v) is 14.1. The van der Waals surface area contributed by atoms with Crippen LogP contribution in [0.15, 0.2) is 75.3 Å². The Balaban J connectivity index is 1.85. The molecule has 8 heteroatoms. The highest BCUT2D eigenvalue weighted by molar-refractivity contribution is 14.1. The van der Waals surface area contributed by atoms with E-state index < -0.39 is 3.55 Å². The summed E-state index contributed by atoms with van der Waals surface area (Å²) >= 11 is 7.60. The Morgan fingerprint density at radius 2 is 1.85 bits per heavy atom. The molecule has 2 heterocycles. The first-order chi connectivity index (χ1) is 16.5. The average molecular weight is 651 g/mol. The summed E-state index contributed by atoms with van der Waals surface area (Å²) in [6, 6.07) is 20.5. The lowest BCUT2D eigenvalue weighted by Gasteiger charge is -2.40. The van der Waals surface area contributed by atoms with Crippen molar-refractivity contribution in [2.45, 2.75) is 30.0 Å². The Hall–Kier alpha value is -1.59. The molecule has 0 aliphatic rings. The summed E-state index contributed by atoms with van der Waals surface area (Å²) in [4.78, 5) is 22.1. The Kier molecular flexibility index (Phi) is 8.57. The molecule has 4 rings (SSSR count). The minimum absolute atomic E-state index is 0.0248. The smallest absolute Gasteiger partial charge is 0.262 e. The van der Waals surface area contributed by atoms with E-state index in [0.29, 0.717) is 11.9 Å². The second-order valence-corrected chi connectivity index (χ2v) is 11.8. The van der Waals surface area contributed by atoms with Gasteiger partial charge in [-0.15, -0.1) is 11.3 Å². The van der Waals surface area contributed by atoms with Crippen LogP contribution in [0, 0.1) is 0 Å². The third-order valence-corrected chi connectivity index (χ3v) is 9.26. The van der Waals surface area contributed by atoms with E-state index in [1.54, 1.807) is 0 Å². The van der Waals surface area contributed by atoms with Crippen molar-refractivity contribution in [3.05, 3.63) is 97.8 Å². The third-order valence-electron chi connectivity index (χ3n) is 6.00. The Labute approximate surface area is 226 Å². The molecule has 0 amide bonds. The van der Waals surface area contributed by atoms with Gasteiger partial charge in [0.25, 0.3) is 5.56 Å². The summed E-state index contributed by atoms with van der Waals surface area (Å²) in [6.07, 6.45) is 0.811. The van der Waals surface area contributed by atoms with E-state index in [1.165, 1.54) is 16.9 Å². The molecule has 0 radical (unpaired) electrons. The number of halogens is 2. The van der Waals surface area contributed by atoms with Crippen molar-refractivity contribution in [1.29, 1.82) is 0 Å². The fourth-order valence-corrected chi connectivity index (χ4v) is 5.96. The molecule has 5 nitrogen and oxygen atoms in total. The van der Waals surface area contributed by atoms with Crippen LogP contribution in [-0.2, 0) is 16.6 Å². The Bertz CT molecular complexity index is 1290. The molecule has 178 valence electrons. The van der Waals surface area contributed by atoms with Gasteiger partial charge in [-0.2, -0.15) is 0 Å². The molecule has 1 N–H and O–H groups in total. The van der Waals surface area contributed by atoms with Crippen LogP contribution in [0.4, 0.5) is 0 Å². The standard InChI is InChI=1S/C26H28BrIN4OS/c1-3-26(28,31(15-14-29-2)17-20-9-11-21(27)12-10-20)25-30-23-22(13-16-34-23)24(33)32(25)18-19-7-5-4-6-8-19/h4-13,16,29H,3,14-15,17-18H2,1-2H3. The zero-order chi connectivity index (χ0) is 24.1. The van der Waals surface area contributed by atoms with Crippen molar-refractivity contribution in [2.75, 3.05) is 20.1 Å². The van der Waals surface area contributed by atoms with E-state index >= 15 is 0 Å². The van der Waals surface area contributed by atoms with Gasteiger partial charge < -0.3 is 5.32 Å². The number of aromatic nitrogens is 2. The number of likely N-dealkylation sites (N-methyl/N-ethyl adjacent to an activating group) is 1. The third kappa shape index (κ3) is 5.46. The molecule has 0 fully saturated rings. The van der Waals surface area contributed by atoms with E-state index in [-0.39, 0.29) is 5.56 Å². The topological polar surface area (TPSA) is 50.2 Å². The summed E-state index contributed by atoms with van der Waals surface area (Å²) in [7, 11) is 1.97. The normalized spacial score (nSPS) is 13.4. The van der Waals surface area contributed by atoms with Crippen molar-refractivity contribution in [3.8, 4) is 0 Å². The van der Waals surface area contributed by atoms with Crippen molar-refractivity contribution >= 4 is 60.1 Å². The highest BCUT2D eigenvalue weighted by Gasteiger charge is 2.39. The van der Waals surface area contributed by atoms with Crippen molar-refractivity contribution in [3.63, 3.8) is 0 Å². The number of nitrogens with one attached hydrogen (secondary N) is 1. The van der Waals surface area contributed by atoms with Gasteiger partial charge in [-0.25, -0.2) is 4.98 Å². The zero-order valence-electron chi connectivity index (χ0n) is 19.3. The van der Waals surface area contributed by atoms with E-state index in [2.05, 4.69) is 92.1 Å². The number of rotatable bonds is 10. The fourth-order valence-electron chi connectivity index (χ4n) is 4.12. The number of nitrogens with zero attached hydrogens (tertiary/aromatic N) is 3. The number of hydrogen-bond acceptors (Lipinski definition) is 5. The lowest BCUT2D eigenvalue weighted by atomic mass is 10.1. The molecular weight excluding hydrogens is 623 g/mol.